The molecule has 1 N–H and O–H groups in total. The molecular weight excluding hydrogens is 158 g/mol. The van der Waals surface area contributed by atoms with Crippen molar-refractivity contribution in [3.8, 4) is 0 Å². The Bertz CT molecular complexity index is 168. The summed E-state index contributed by atoms with van der Waals surface area (Å²) in [5.41, 5.74) is 0. The first-order valence-electron chi connectivity index (χ1n) is 4.11. The van der Waals surface area contributed by atoms with E-state index >= 15 is 0 Å². The third-order valence-corrected chi connectivity index (χ3v) is 1.52. The Morgan fingerprint density at radius 2 is 1.92 bits per heavy atom. The second kappa shape index (κ2) is 5.57. The van der Waals surface area contributed by atoms with Crippen molar-refractivity contribution in [3.05, 3.63) is 0 Å². The van der Waals surface area contributed by atoms with Crippen LogP contribution in [0.1, 0.15) is 26.7 Å². The van der Waals surface area contributed by atoms with Gasteiger partial charge in [0.2, 0.25) is 5.91 Å². The van der Waals surface area contributed by atoms with E-state index in [-0.39, 0.29) is 12.5 Å². The van der Waals surface area contributed by atoms with Gasteiger partial charge in [-0.25, -0.2) is 0 Å². The van der Waals surface area contributed by atoms with E-state index < -0.39 is 5.97 Å². The minimum absolute atomic E-state index is 0.0811. The number of hydrogen-bond donors (Lipinski definition) is 1. The van der Waals surface area contributed by atoms with Crippen molar-refractivity contribution in [2.24, 2.45) is 0 Å². The van der Waals surface area contributed by atoms with Crippen molar-refractivity contribution in [1.82, 2.24) is 4.90 Å². The van der Waals surface area contributed by atoms with Crippen LogP contribution in [-0.2, 0) is 9.59 Å². The molecule has 0 aromatic heterocycles. The SMILES string of the molecule is CCCC(=O)N(CC)CC(=O)O. The van der Waals surface area contributed by atoms with Crippen LogP contribution in [0.4, 0.5) is 0 Å². The van der Waals surface area contributed by atoms with Crippen molar-refractivity contribution >= 4 is 11.9 Å². The molecule has 0 spiro atoms. The lowest BCUT2D eigenvalue weighted by molar-refractivity contribution is -0.144. The number of rotatable bonds is 5. The molecule has 0 fully saturated rings. The maximum absolute atomic E-state index is 11.2. The topological polar surface area (TPSA) is 57.6 Å². The van der Waals surface area contributed by atoms with Crippen LogP contribution < -0.4 is 0 Å². The Morgan fingerprint density at radius 3 is 2.25 bits per heavy atom. The summed E-state index contributed by atoms with van der Waals surface area (Å²) in [6.07, 6.45) is 1.19. The first kappa shape index (κ1) is 10.9. The second-order valence-electron chi connectivity index (χ2n) is 2.55. The average Bonchev–Trinajstić information content (AvgIpc) is 2.00. The fraction of sp³-hybridized carbons (Fsp3) is 0.750. The molecule has 0 saturated heterocycles. The number of amides is 1. The molecule has 0 rings (SSSR count). The van der Waals surface area contributed by atoms with E-state index in [1.807, 2.05) is 6.92 Å². The zero-order valence-corrected chi connectivity index (χ0v) is 7.54. The summed E-state index contributed by atoms with van der Waals surface area (Å²) in [5, 5.41) is 8.44. The number of carboxylic acids is 1. The number of carbonyl (C=O) groups is 2. The van der Waals surface area contributed by atoms with Gasteiger partial charge in [0.25, 0.3) is 0 Å². The molecule has 1 amide bonds. The van der Waals surface area contributed by atoms with Crippen molar-refractivity contribution in [2.75, 3.05) is 13.1 Å². The maximum atomic E-state index is 11.2. The molecule has 0 unspecified atom stereocenters. The zero-order chi connectivity index (χ0) is 9.56. The normalized spacial score (nSPS) is 9.50. The van der Waals surface area contributed by atoms with E-state index in [1.165, 1.54) is 4.90 Å². The molecule has 0 aromatic carbocycles. The Kier molecular flexibility index (Phi) is 5.08. The molecule has 0 bridgehead atoms. The number of hydrogen-bond acceptors (Lipinski definition) is 2. The molecule has 0 aromatic rings. The third kappa shape index (κ3) is 3.95. The van der Waals surface area contributed by atoms with Gasteiger partial charge in [0.05, 0.1) is 0 Å². The van der Waals surface area contributed by atoms with Gasteiger partial charge >= 0.3 is 5.97 Å². The van der Waals surface area contributed by atoms with Crippen LogP contribution in [0.25, 0.3) is 0 Å². The lowest BCUT2D eigenvalue weighted by Gasteiger charge is -2.17. The molecule has 70 valence electrons. The van der Waals surface area contributed by atoms with Crippen molar-refractivity contribution in [2.45, 2.75) is 26.7 Å². The molecular formula is C8H15NO3. The highest BCUT2D eigenvalue weighted by Crippen LogP contribution is 1.96. The minimum atomic E-state index is -0.957. The molecule has 0 aliphatic heterocycles. The summed E-state index contributed by atoms with van der Waals surface area (Å²) in [5.74, 6) is -1.04. The van der Waals surface area contributed by atoms with Crippen molar-refractivity contribution in [1.29, 1.82) is 0 Å². The van der Waals surface area contributed by atoms with E-state index in [2.05, 4.69) is 0 Å². The van der Waals surface area contributed by atoms with Crippen LogP contribution >= 0.6 is 0 Å². The fourth-order valence-electron chi connectivity index (χ4n) is 0.912. The van der Waals surface area contributed by atoms with Gasteiger partial charge in [-0.1, -0.05) is 6.92 Å². The molecule has 0 aliphatic rings. The first-order valence-corrected chi connectivity index (χ1v) is 4.11. The number of carbonyl (C=O) groups excluding carboxylic acids is 1. The quantitative estimate of drug-likeness (QED) is 0.666. The molecule has 0 aliphatic carbocycles. The summed E-state index contributed by atoms with van der Waals surface area (Å²) in [6.45, 7) is 3.95. The highest BCUT2D eigenvalue weighted by molar-refractivity contribution is 5.81. The first-order chi connectivity index (χ1) is 5.61. The summed E-state index contributed by atoms with van der Waals surface area (Å²) < 4.78 is 0. The van der Waals surface area contributed by atoms with Gasteiger partial charge in [-0.05, 0) is 13.3 Å². The maximum Gasteiger partial charge on any atom is 0.323 e. The van der Waals surface area contributed by atoms with Crippen LogP contribution in [0.3, 0.4) is 0 Å². The standard InChI is InChI=1S/C8H15NO3/c1-3-5-7(10)9(4-2)6-8(11)12/h3-6H2,1-2H3,(H,11,12). The Balaban J connectivity index is 3.96. The predicted octanol–water partition coefficient (Wildman–Crippen LogP) is 0.720. The van der Waals surface area contributed by atoms with E-state index in [0.29, 0.717) is 13.0 Å². The number of carboxylic acid groups (broad SMARTS) is 1. The highest BCUT2D eigenvalue weighted by atomic mass is 16.4. The Labute approximate surface area is 72.2 Å². The predicted molar refractivity (Wildman–Crippen MR) is 44.8 cm³/mol. The summed E-state index contributed by atoms with van der Waals surface area (Å²) >= 11 is 0. The van der Waals surface area contributed by atoms with Crippen LogP contribution in [-0.4, -0.2) is 35.0 Å². The van der Waals surface area contributed by atoms with Crippen molar-refractivity contribution < 1.29 is 14.7 Å². The minimum Gasteiger partial charge on any atom is -0.480 e. The number of aliphatic carboxylic acids is 1. The van der Waals surface area contributed by atoms with Crippen LogP contribution in [0.2, 0.25) is 0 Å². The lowest BCUT2D eigenvalue weighted by Crippen LogP contribution is -2.35. The van der Waals surface area contributed by atoms with Gasteiger partial charge in [0, 0.05) is 13.0 Å². The lowest BCUT2D eigenvalue weighted by atomic mass is 10.3. The average molecular weight is 173 g/mol. The Hall–Kier alpha value is -1.06. The summed E-state index contributed by atoms with van der Waals surface area (Å²) in [6, 6.07) is 0. The van der Waals surface area contributed by atoms with E-state index in [1.54, 1.807) is 6.92 Å². The number of nitrogens with zero attached hydrogens (tertiary/aromatic N) is 1. The van der Waals surface area contributed by atoms with E-state index in [4.69, 9.17) is 5.11 Å². The van der Waals surface area contributed by atoms with Crippen LogP contribution in [0, 0.1) is 0 Å². The monoisotopic (exact) mass is 173 g/mol. The van der Waals surface area contributed by atoms with Gasteiger partial charge < -0.3 is 10.0 Å². The molecule has 4 nitrogen and oxygen atoms in total. The molecule has 0 atom stereocenters. The van der Waals surface area contributed by atoms with E-state index in [9.17, 15) is 9.59 Å². The van der Waals surface area contributed by atoms with Crippen molar-refractivity contribution in [3.63, 3.8) is 0 Å². The van der Waals surface area contributed by atoms with Crippen LogP contribution in [0.5, 0.6) is 0 Å². The smallest absolute Gasteiger partial charge is 0.323 e. The number of likely N-dealkylation sites (N-methyl/N-ethyl adjacent to an activating group) is 1. The summed E-state index contributed by atoms with van der Waals surface area (Å²) in [4.78, 5) is 22.8. The Morgan fingerprint density at radius 1 is 1.33 bits per heavy atom. The molecule has 0 radical (unpaired) electrons. The highest BCUT2D eigenvalue weighted by Gasteiger charge is 2.12. The second-order valence-corrected chi connectivity index (χ2v) is 2.55. The largest absolute Gasteiger partial charge is 0.480 e. The molecule has 4 heteroatoms. The fourth-order valence-corrected chi connectivity index (χ4v) is 0.912. The van der Waals surface area contributed by atoms with Gasteiger partial charge in [-0.3, -0.25) is 9.59 Å². The molecule has 0 saturated carbocycles. The molecule has 12 heavy (non-hydrogen) atoms. The van der Waals surface area contributed by atoms with Gasteiger partial charge in [-0.15, -0.1) is 0 Å². The zero-order valence-electron chi connectivity index (χ0n) is 7.54. The molecule has 0 heterocycles. The van der Waals surface area contributed by atoms with E-state index in [0.717, 1.165) is 6.42 Å². The summed E-state index contributed by atoms with van der Waals surface area (Å²) in [7, 11) is 0. The van der Waals surface area contributed by atoms with Gasteiger partial charge in [0.1, 0.15) is 6.54 Å². The van der Waals surface area contributed by atoms with Gasteiger partial charge in [0.15, 0.2) is 0 Å². The van der Waals surface area contributed by atoms with Gasteiger partial charge in [-0.2, -0.15) is 0 Å². The third-order valence-electron chi connectivity index (χ3n) is 1.52. The van der Waals surface area contributed by atoms with Crippen LogP contribution in [0.15, 0.2) is 0 Å².